The third-order valence-corrected chi connectivity index (χ3v) is 2.45. The zero-order valence-electron chi connectivity index (χ0n) is 10.3. The highest BCUT2D eigenvalue weighted by molar-refractivity contribution is 5.85. The van der Waals surface area contributed by atoms with E-state index < -0.39 is 5.97 Å². The molecule has 0 atom stereocenters. The second kappa shape index (κ2) is 5.94. The lowest BCUT2D eigenvalue weighted by atomic mass is 10.2. The number of nitrogens with one attached hydrogen (secondary N) is 1. The first-order valence-corrected chi connectivity index (χ1v) is 5.33. The van der Waals surface area contributed by atoms with Crippen LogP contribution in [0.4, 0.5) is 5.69 Å². The highest BCUT2D eigenvalue weighted by atomic mass is 16.5. The lowest BCUT2D eigenvalue weighted by Gasteiger charge is -2.08. The molecule has 0 saturated heterocycles. The van der Waals surface area contributed by atoms with Gasteiger partial charge in [-0.25, -0.2) is 4.79 Å². The van der Waals surface area contributed by atoms with Crippen LogP contribution in [-0.4, -0.2) is 24.7 Å². The number of hydrogen-bond acceptors (Lipinski definition) is 3. The minimum atomic E-state index is -0.891. The number of carbonyl (C=O) groups is 1. The third kappa shape index (κ3) is 3.83. The minimum Gasteiger partial charge on any atom is -0.496 e. The molecule has 0 radical (unpaired) electrons. The third-order valence-electron chi connectivity index (χ3n) is 2.45. The quantitative estimate of drug-likeness (QED) is 0.770. The van der Waals surface area contributed by atoms with Crippen LogP contribution in [0.5, 0.6) is 5.75 Å². The van der Waals surface area contributed by atoms with E-state index in [1.165, 1.54) is 0 Å². The fraction of sp³-hybridized carbons (Fsp3) is 0.308. The molecule has 1 rings (SSSR count). The fourth-order valence-electron chi connectivity index (χ4n) is 1.40. The van der Waals surface area contributed by atoms with Gasteiger partial charge in [-0.1, -0.05) is 6.08 Å². The summed E-state index contributed by atoms with van der Waals surface area (Å²) in [5.74, 6) is -0.0504. The summed E-state index contributed by atoms with van der Waals surface area (Å²) in [6, 6.07) is 5.74. The molecule has 0 unspecified atom stereocenters. The molecule has 0 aromatic heterocycles. The lowest BCUT2D eigenvalue weighted by molar-refractivity contribution is -0.132. The SMILES string of the molecule is COc1ccc(NC/C=C(/C)C(=O)O)cc1C. The molecule has 0 bridgehead atoms. The fourth-order valence-corrected chi connectivity index (χ4v) is 1.40. The summed E-state index contributed by atoms with van der Waals surface area (Å²) in [7, 11) is 1.63. The topological polar surface area (TPSA) is 58.6 Å². The Morgan fingerprint density at radius 3 is 2.76 bits per heavy atom. The standard InChI is InChI=1S/C13H17NO3/c1-9(13(15)16)6-7-14-11-4-5-12(17-3)10(2)8-11/h4-6,8,14H,7H2,1-3H3,(H,15,16)/b9-6-. The first-order chi connectivity index (χ1) is 8.04. The maximum atomic E-state index is 10.6. The predicted molar refractivity (Wildman–Crippen MR) is 67.6 cm³/mol. The number of hydrogen-bond donors (Lipinski definition) is 2. The second-order valence-corrected chi connectivity index (χ2v) is 3.76. The van der Waals surface area contributed by atoms with Gasteiger partial charge in [-0.05, 0) is 37.6 Å². The largest absolute Gasteiger partial charge is 0.496 e. The van der Waals surface area contributed by atoms with E-state index in [2.05, 4.69) is 5.32 Å². The number of rotatable bonds is 5. The average Bonchev–Trinajstić information content (AvgIpc) is 2.29. The van der Waals surface area contributed by atoms with Crippen molar-refractivity contribution in [2.45, 2.75) is 13.8 Å². The van der Waals surface area contributed by atoms with Crippen molar-refractivity contribution >= 4 is 11.7 Å². The zero-order valence-corrected chi connectivity index (χ0v) is 10.3. The lowest BCUT2D eigenvalue weighted by Crippen LogP contribution is -2.03. The smallest absolute Gasteiger partial charge is 0.331 e. The van der Waals surface area contributed by atoms with Gasteiger partial charge < -0.3 is 15.2 Å². The predicted octanol–water partition coefficient (Wildman–Crippen LogP) is 2.45. The van der Waals surface area contributed by atoms with Crippen molar-refractivity contribution in [2.75, 3.05) is 19.0 Å². The van der Waals surface area contributed by atoms with Crippen molar-refractivity contribution in [1.82, 2.24) is 0 Å². The molecular formula is C13H17NO3. The van der Waals surface area contributed by atoms with Crippen LogP contribution in [0, 0.1) is 6.92 Å². The molecule has 0 heterocycles. The summed E-state index contributed by atoms with van der Waals surface area (Å²) >= 11 is 0. The number of anilines is 1. The van der Waals surface area contributed by atoms with Crippen molar-refractivity contribution in [2.24, 2.45) is 0 Å². The summed E-state index contributed by atoms with van der Waals surface area (Å²) < 4.78 is 5.16. The molecule has 92 valence electrons. The van der Waals surface area contributed by atoms with Crippen LogP contribution in [0.1, 0.15) is 12.5 Å². The highest BCUT2D eigenvalue weighted by Gasteiger charge is 2.00. The Hall–Kier alpha value is -1.97. The second-order valence-electron chi connectivity index (χ2n) is 3.76. The van der Waals surface area contributed by atoms with Crippen molar-refractivity contribution in [3.8, 4) is 5.75 Å². The van der Waals surface area contributed by atoms with E-state index in [0.717, 1.165) is 17.0 Å². The van der Waals surface area contributed by atoms with Gasteiger partial charge in [-0.15, -0.1) is 0 Å². The van der Waals surface area contributed by atoms with Crippen molar-refractivity contribution in [3.05, 3.63) is 35.4 Å². The summed E-state index contributed by atoms with van der Waals surface area (Å²) in [5.41, 5.74) is 2.32. The van der Waals surface area contributed by atoms with Crippen LogP contribution in [0.25, 0.3) is 0 Å². The molecule has 0 amide bonds. The van der Waals surface area contributed by atoms with Gasteiger partial charge in [0.05, 0.1) is 7.11 Å². The molecule has 0 fully saturated rings. The number of benzene rings is 1. The molecule has 1 aromatic carbocycles. The molecule has 4 nitrogen and oxygen atoms in total. The molecule has 17 heavy (non-hydrogen) atoms. The molecule has 2 N–H and O–H groups in total. The van der Waals surface area contributed by atoms with Crippen LogP contribution >= 0.6 is 0 Å². The molecule has 0 saturated carbocycles. The Labute approximate surface area is 101 Å². The minimum absolute atomic E-state index is 0.336. The summed E-state index contributed by atoms with van der Waals surface area (Å²) in [6.07, 6.45) is 1.64. The van der Waals surface area contributed by atoms with E-state index in [-0.39, 0.29) is 0 Å². The normalized spacial score (nSPS) is 11.1. The number of carboxylic acid groups (broad SMARTS) is 1. The van der Waals surface area contributed by atoms with Gasteiger partial charge in [0, 0.05) is 17.8 Å². The first-order valence-electron chi connectivity index (χ1n) is 5.33. The Kier molecular flexibility index (Phi) is 4.57. The molecule has 0 aliphatic rings. The maximum Gasteiger partial charge on any atom is 0.331 e. The molecule has 0 aliphatic heterocycles. The molecule has 4 heteroatoms. The summed E-state index contributed by atoms with van der Waals surface area (Å²) in [4.78, 5) is 10.6. The van der Waals surface area contributed by atoms with Crippen LogP contribution < -0.4 is 10.1 Å². The van der Waals surface area contributed by atoms with E-state index in [0.29, 0.717) is 12.1 Å². The number of carboxylic acids is 1. The van der Waals surface area contributed by atoms with Gasteiger partial charge in [0.15, 0.2) is 0 Å². The van der Waals surface area contributed by atoms with E-state index in [1.54, 1.807) is 20.1 Å². The van der Waals surface area contributed by atoms with Crippen molar-refractivity contribution in [3.63, 3.8) is 0 Å². The van der Waals surface area contributed by atoms with Crippen LogP contribution in [0.2, 0.25) is 0 Å². The van der Waals surface area contributed by atoms with Gasteiger partial charge in [0.2, 0.25) is 0 Å². The van der Waals surface area contributed by atoms with Crippen LogP contribution in [-0.2, 0) is 4.79 Å². The van der Waals surface area contributed by atoms with Crippen molar-refractivity contribution < 1.29 is 14.6 Å². The Balaban J connectivity index is 2.62. The highest BCUT2D eigenvalue weighted by Crippen LogP contribution is 2.21. The van der Waals surface area contributed by atoms with Gasteiger partial charge in [-0.3, -0.25) is 0 Å². The number of aryl methyl sites for hydroxylation is 1. The zero-order chi connectivity index (χ0) is 12.8. The maximum absolute atomic E-state index is 10.6. The van der Waals surface area contributed by atoms with Crippen molar-refractivity contribution in [1.29, 1.82) is 0 Å². The first kappa shape index (κ1) is 13.1. The number of methoxy groups -OCH3 is 1. The van der Waals surface area contributed by atoms with Gasteiger partial charge >= 0.3 is 5.97 Å². The molecule has 0 aliphatic carbocycles. The van der Waals surface area contributed by atoms with Gasteiger partial charge in [-0.2, -0.15) is 0 Å². The van der Waals surface area contributed by atoms with Gasteiger partial charge in [0.25, 0.3) is 0 Å². The van der Waals surface area contributed by atoms with E-state index >= 15 is 0 Å². The van der Waals surface area contributed by atoms with Crippen LogP contribution in [0.15, 0.2) is 29.8 Å². The Bertz CT molecular complexity index is 438. The van der Waals surface area contributed by atoms with E-state index in [4.69, 9.17) is 9.84 Å². The molecule has 0 spiro atoms. The van der Waals surface area contributed by atoms with Crippen LogP contribution in [0.3, 0.4) is 0 Å². The monoisotopic (exact) mass is 235 g/mol. The van der Waals surface area contributed by atoms with Gasteiger partial charge in [0.1, 0.15) is 5.75 Å². The summed E-state index contributed by atoms with van der Waals surface area (Å²) in [6.45, 7) is 4.02. The Morgan fingerprint density at radius 2 is 2.24 bits per heavy atom. The van der Waals surface area contributed by atoms with E-state index in [9.17, 15) is 4.79 Å². The summed E-state index contributed by atoms with van der Waals surface area (Å²) in [5, 5.41) is 11.8. The Morgan fingerprint density at radius 1 is 1.53 bits per heavy atom. The number of aliphatic carboxylic acids is 1. The average molecular weight is 235 g/mol. The number of ether oxygens (including phenoxy) is 1. The van der Waals surface area contributed by atoms with E-state index in [1.807, 2.05) is 25.1 Å². The molecule has 1 aromatic rings. The molecular weight excluding hydrogens is 218 g/mol.